The minimum atomic E-state index is -1.08. The Hall–Kier alpha value is -1.71. The summed E-state index contributed by atoms with van der Waals surface area (Å²) in [6, 6.07) is 16.5. The monoisotopic (exact) mass is 335 g/mol. The second kappa shape index (κ2) is 5.49. The average molecular weight is 336 g/mol. The number of benzene rings is 2. The molecule has 1 aliphatic rings. The van der Waals surface area contributed by atoms with E-state index in [0.717, 1.165) is 11.3 Å². The van der Waals surface area contributed by atoms with Gasteiger partial charge in [-0.1, -0.05) is 30.3 Å². The van der Waals surface area contributed by atoms with Crippen LogP contribution in [0.15, 0.2) is 54.6 Å². The molecule has 0 radical (unpaired) electrons. The summed E-state index contributed by atoms with van der Waals surface area (Å²) in [5.74, 6) is 0.528. The summed E-state index contributed by atoms with van der Waals surface area (Å²) in [5, 5.41) is 2.89. The van der Waals surface area contributed by atoms with Crippen LogP contribution in [-0.4, -0.2) is 17.4 Å². The molecule has 1 saturated carbocycles. The van der Waals surface area contributed by atoms with Gasteiger partial charge in [0.1, 0.15) is 15.5 Å². The van der Waals surface area contributed by atoms with E-state index in [-0.39, 0.29) is 5.91 Å². The standard InChI is InChI=1S/C17H15Cl2NO2/c1-22-14-9-7-13(8-10-14)20-15(21)16(11-17(16,18)19)12-5-3-2-4-6-12/h2-10H,11H2,1H3,(H,20,21). The normalized spacial score (nSPS) is 22.0. The molecule has 5 heteroatoms. The number of ether oxygens (including phenoxy) is 1. The first-order valence-corrected chi connectivity index (χ1v) is 7.64. The zero-order valence-corrected chi connectivity index (χ0v) is 13.5. The van der Waals surface area contributed by atoms with E-state index < -0.39 is 9.75 Å². The zero-order valence-electron chi connectivity index (χ0n) is 12.0. The molecule has 3 nitrogen and oxygen atoms in total. The maximum absolute atomic E-state index is 12.8. The molecule has 2 aromatic carbocycles. The van der Waals surface area contributed by atoms with Gasteiger partial charge in [-0.15, -0.1) is 23.2 Å². The van der Waals surface area contributed by atoms with Crippen molar-refractivity contribution in [3.63, 3.8) is 0 Å². The van der Waals surface area contributed by atoms with Gasteiger partial charge in [-0.25, -0.2) is 0 Å². The molecular formula is C17H15Cl2NO2. The number of hydrogen-bond acceptors (Lipinski definition) is 2. The minimum absolute atomic E-state index is 0.200. The third-order valence-electron chi connectivity index (χ3n) is 3.99. The summed E-state index contributed by atoms with van der Waals surface area (Å²) in [4.78, 5) is 12.8. The lowest BCUT2D eigenvalue weighted by Crippen LogP contribution is -2.32. The molecule has 1 unspecified atom stereocenters. The largest absolute Gasteiger partial charge is 0.497 e. The van der Waals surface area contributed by atoms with Crippen molar-refractivity contribution < 1.29 is 9.53 Å². The van der Waals surface area contributed by atoms with Crippen molar-refractivity contribution in [3.05, 3.63) is 60.2 Å². The summed E-state index contributed by atoms with van der Waals surface area (Å²) in [6.45, 7) is 0. The maximum atomic E-state index is 12.8. The van der Waals surface area contributed by atoms with Crippen LogP contribution in [0.4, 0.5) is 5.69 Å². The van der Waals surface area contributed by atoms with E-state index in [1.807, 2.05) is 30.3 Å². The van der Waals surface area contributed by atoms with Crippen LogP contribution in [0.2, 0.25) is 0 Å². The molecular weight excluding hydrogens is 321 g/mol. The number of hydrogen-bond donors (Lipinski definition) is 1. The first-order valence-electron chi connectivity index (χ1n) is 6.88. The topological polar surface area (TPSA) is 38.3 Å². The Labute approximate surface area is 139 Å². The van der Waals surface area contributed by atoms with Gasteiger partial charge in [0, 0.05) is 12.1 Å². The Bertz CT molecular complexity index is 686. The second-order valence-electron chi connectivity index (χ2n) is 5.34. The van der Waals surface area contributed by atoms with Crippen molar-refractivity contribution >= 4 is 34.8 Å². The van der Waals surface area contributed by atoms with Crippen molar-refractivity contribution in [3.8, 4) is 5.75 Å². The van der Waals surface area contributed by atoms with Gasteiger partial charge in [-0.2, -0.15) is 0 Å². The molecule has 1 fully saturated rings. The molecule has 2 aromatic rings. The van der Waals surface area contributed by atoms with Gasteiger partial charge in [-0.05, 0) is 29.8 Å². The van der Waals surface area contributed by atoms with E-state index in [1.165, 1.54) is 0 Å². The molecule has 1 aliphatic carbocycles. The Morgan fingerprint density at radius 3 is 2.18 bits per heavy atom. The summed E-state index contributed by atoms with van der Waals surface area (Å²) >= 11 is 12.6. The van der Waals surface area contributed by atoms with E-state index in [0.29, 0.717) is 12.1 Å². The van der Waals surface area contributed by atoms with Gasteiger partial charge < -0.3 is 10.1 Å². The maximum Gasteiger partial charge on any atom is 0.238 e. The molecule has 22 heavy (non-hydrogen) atoms. The fourth-order valence-corrected chi connectivity index (χ4v) is 3.41. The van der Waals surface area contributed by atoms with Gasteiger partial charge in [0.2, 0.25) is 5.91 Å². The highest BCUT2D eigenvalue weighted by molar-refractivity contribution is 6.54. The highest BCUT2D eigenvalue weighted by Crippen LogP contribution is 2.65. The number of nitrogens with one attached hydrogen (secondary N) is 1. The SMILES string of the molecule is COc1ccc(NC(=O)C2(c3ccccc3)CC2(Cl)Cl)cc1. The fraction of sp³-hybridized carbons (Fsp3) is 0.235. The van der Waals surface area contributed by atoms with Crippen LogP contribution < -0.4 is 10.1 Å². The Kier molecular flexibility index (Phi) is 3.79. The first-order chi connectivity index (χ1) is 10.5. The number of alkyl halides is 2. The van der Waals surface area contributed by atoms with E-state index in [4.69, 9.17) is 27.9 Å². The van der Waals surface area contributed by atoms with Crippen molar-refractivity contribution in [2.75, 3.05) is 12.4 Å². The van der Waals surface area contributed by atoms with Crippen LogP contribution in [-0.2, 0) is 10.2 Å². The lowest BCUT2D eigenvalue weighted by atomic mass is 9.94. The Morgan fingerprint density at radius 1 is 1.09 bits per heavy atom. The number of anilines is 1. The molecule has 1 amide bonds. The highest BCUT2D eigenvalue weighted by atomic mass is 35.5. The number of methoxy groups -OCH3 is 1. The van der Waals surface area contributed by atoms with Crippen LogP contribution in [0.25, 0.3) is 0 Å². The zero-order chi connectivity index (χ0) is 15.8. The van der Waals surface area contributed by atoms with Crippen molar-refractivity contribution in [1.29, 1.82) is 0 Å². The number of carbonyl (C=O) groups excluding carboxylic acids is 1. The molecule has 0 saturated heterocycles. The molecule has 1 N–H and O–H groups in total. The van der Waals surface area contributed by atoms with Crippen LogP contribution in [0.3, 0.4) is 0 Å². The molecule has 114 valence electrons. The molecule has 3 rings (SSSR count). The summed E-state index contributed by atoms with van der Waals surface area (Å²) in [6.07, 6.45) is 0.398. The lowest BCUT2D eigenvalue weighted by Gasteiger charge is -2.18. The lowest BCUT2D eigenvalue weighted by molar-refractivity contribution is -0.118. The highest BCUT2D eigenvalue weighted by Gasteiger charge is 2.72. The quantitative estimate of drug-likeness (QED) is 0.852. The van der Waals surface area contributed by atoms with Crippen LogP contribution in [0, 0.1) is 0 Å². The second-order valence-corrected chi connectivity index (χ2v) is 6.82. The smallest absolute Gasteiger partial charge is 0.238 e. The number of amides is 1. The van der Waals surface area contributed by atoms with E-state index in [2.05, 4.69) is 5.32 Å². The van der Waals surface area contributed by atoms with Crippen LogP contribution in [0.5, 0.6) is 5.75 Å². The molecule has 0 bridgehead atoms. The molecule has 0 spiro atoms. The van der Waals surface area contributed by atoms with Crippen LogP contribution >= 0.6 is 23.2 Å². The predicted molar refractivity (Wildman–Crippen MR) is 88.8 cm³/mol. The third kappa shape index (κ3) is 2.44. The first kappa shape index (κ1) is 15.2. The molecule has 0 aromatic heterocycles. The van der Waals surface area contributed by atoms with E-state index >= 15 is 0 Å². The average Bonchev–Trinajstić information content (AvgIpc) is 3.13. The van der Waals surface area contributed by atoms with E-state index in [9.17, 15) is 4.79 Å². The number of rotatable bonds is 4. The molecule has 0 aliphatic heterocycles. The Balaban J connectivity index is 1.86. The molecule has 0 heterocycles. The van der Waals surface area contributed by atoms with Gasteiger partial charge in [0.25, 0.3) is 0 Å². The van der Waals surface area contributed by atoms with Crippen LogP contribution in [0.1, 0.15) is 12.0 Å². The van der Waals surface area contributed by atoms with Gasteiger partial charge in [-0.3, -0.25) is 4.79 Å². The minimum Gasteiger partial charge on any atom is -0.497 e. The van der Waals surface area contributed by atoms with Gasteiger partial charge >= 0.3 is 0 Å². The van der Waals surface area contributed by atoms with E-state index in [1.54, 1.807) is 31.4 Å². The molecule has 1 atom stereocenters. The number of carbonyl (C=O) groups is 1. The van der Waals surface area contributed by atoms with Crippen molar-refractivity contribution in [1.82, 2.24) is 0 Å². The summed E-state index contributed by atoms with van der Waals surface area (Å²) in [5.41, 5.74) is 0.597. The summed E-state index contributed by atoms with van der Waals surface area (Å²) in [7, 11) is 1.59. The van der Waals surface area contributed by atoms with Crippen molar-refractivity contribution in [2.24, 2.45) is 0 Å². The predicted octanol–water partition coefficient (Wildman–Crippen LogP) is 4.15. The van der Waals surface area contributed by atoms with Gasteiger partial charge in [0.15, 0.2) is 0 Å². The van der Waals surface area contributed by atoms with Crippen molar-refractivity contribution in [2.45, 2.75) is 16.2 Å². The summed E-state index contributed by atoms with van der Waals surface area (Å²) < 4.78 is 4.02. The fourth-order valence-electron chi connectivity index (χ4n) is 2.61. The number of halogens is 2. The Morgan fingerprint density at radius 2 is 1.68 bits per heavy atom. The third-order valence-corrected chi connectivity index (χ3v) is 4.90. The van der Waals surface area contributed by atoms with Gasteiger partial charge in [0.05, 0.1) is 7.11 Å².